The molecular formula is C15H23NO4. The van der Waals surface area contributed by atoms with E-state index in [-0.39, 0.29) is 30.8 Å². The Morgan fingerprint density at radius 2 is 2.00 bits per heavy atom. The molecule has 0 spiro atoms. The maximum Gasteiger partial charge on any atom is 0.411 e. The zero-order chi connectivity index (χ0) is 14.7. The average molecular weight is 281 g/mol. The van der Waals surface area contributed by atoms with E-state index in [1.807, 2.05) is 32.6 Å². The van der Waals surface area contributed by atoms with Crippen LogP contribution in [0.25, 0.3) is 0 Å². The monoisotopic (exact) mass is 281 g/mol. The Morgan fingerprint density at radius 1 is 1.35 bits per heavy atom. The Morgan fingerprint density at radius 3 is 2.55 bits per heavy atom. The van der Waals surface area contributed by atoms with Gasteiger partial charge in [0.1, 0.15) is 5.60 Å². The highest BCUT2D eigenvalue weighted by Gasteiger charge is 2.56. The van der Waals surface area contributed by atoms with Gasteiger partial charge in [0, 0.05) is 0 Å². The largest absolute Gasteiger partial charge is 0.444 e. The molecular weight excluding hydrogens is 258 g/mol. The van der Waals surface area contributed by atoms with Crippen LogP contribution < -0.4 is 0 Å². The Bertz CT molecular complexity index is 447. The van der Waals surface area contributed by atoms with Gasteiger partial charge in [-0.05, 0) is 45.6 Å². The standard InChI is InChI=1S/C15H23NO4/c1-8-6-10(13-18-9(2)19-13)7-11-12(8)16(11)14(17)20-15(3,4)5/h7-9,11-13H,6H2,1-5H3/t8-,9?,11-,12+,13?,16?/m1/s1. The highest BCUT2D eigenvalue weighted by molar-refractivity contribution is 5.73. The zero-order valence-electron chi connectivity index (χ0n) is 12.8. The van der Waals surface area contributed by atoms with Crippen LogP contribution in [0.5, 0.6) is 0 Å². The predicted octanol–water partition coefficient (Wildman–Crippen LogP) is 2.66. The average Bonchev–Trinajstić information content (AvgIpc) is 2.97. The molecule has 3 atom stereocenters. The van der Waals surface area contributed by atoms with E-state index in [1.54, 1.807) is 0 Å². The Balaban J connectivity index is 1.66. The molecule has 0 bridgehead atoms. The molecule has 0 aromatic rings. The smallest absolute Gasteiger partial charge is 0.411 e. The quantitative estimate of drug-likeness (QED) is 0.547. The van der Waals surface area contributed by atoms with Crippen molar-refractivity contribution in [3.8, 4) is 0 Å². The molecule has 0 aromatic heterocycles. The van der Waals surface area contributed by atoms with Gasteiger partial charge < -0.3 is 14.2 Å². The fraction of sp³-hybridized carbons (Fsp3) is 0.800. The molecule has 20 heavy (non-hydrogen) atoms. The lowest BCUT2D eigenvalue weighted by Crippen LogP contribution is -2.41. The van der Waals surface area contributed by atoms with Crippen LogP contribution in [0.3, 0.4) is 0 Å². The summed E-state index contributed by atoms with van der Waals surface area (Å²) in [4.78, 5) is 14.0. The first kappa shape index (κ1) is 13.9. The van der Waals surface area contributed by atoms with E-state index in [4.69, 9.17) is 14.2 Å². The number of carbonyl (C=O) groups excluding carboxylic acids is 1. The highest BCUT2D eigenvalue weighted by atomic mass is 16.9. The molecule has 1 amide bonds. The van der Waals surface area contributed by atoms with Crippen molar-refractivity contribution in [2.75, 3.05) is 0 Å². The summed E-state index contributed by atoms with van der Waals surface area (Å²) >= 11 is 0. The van der Waals surface area contributed by atoms with Crippen molar-refractivity contribution in [2.45, 2.75) is 71.3 Å². The summed E-state index contributed by atoms with van der Waals surface area (Å²) in [7, 11) is 0. The van der Waals surface area contributed by atoms with Crippen LogP contribution in [0.4, 0.5) is 4.79 Å². The van der Waals surface area contributed by atoms with Crippen molar-refractivity contribution in [1.82, 2.24) is 4.90 Å². The lowest BCUT2D eigenvalue weighted by Gasteiger charge is -2.36. The Kier molecular flexibility index (Phi) is 3.10. The van der Waals surface area contributed by atoms with Gasteiger partial charge in [-0.1, -0.05) is 13.0 Å². The molecule has 5 heteroatoms. The summed E-state index contributed by atoms with van der Waals surface area (Å²) in [5.41, 5.74) is 0.705. The van der Waals surface area contributed by atoms with Gasteiger partial charge in [0.15, 0.2) is 12.6 Å². The second kappa shape index (κ2) is 4.46. The van der Waals surface area contributed by atoms with Crippen molar-refractivity contribution in [1.29, 1.82) is 0 Å². The molecule has 2 fully saturated rings. The van der Waals surface area contributed by atoms with Gasteiger partial charge in [0.2, 0.25) is 0 Å². The Hall–Kier alpha value is -1.07. The van der Waals surface area contributed by atoms with Gasteiger partial charge in [-0.3, -0.25) is 4.90 Å². The number of hydrogen-bond acceptors (Lipinski definition) is 4. The van der Waals surface area contributed by atoms with E-state index in [9.17, 15) is 4.79 Å². The number of rotatable bonds is 1. The number of fused-ring (bicyclic) bond motifs is 1. The van der Waals surface area contributed by atoms with E-state index < -0.39 is 5.60 Å². The number of carbonyl (C=O) groups is 1. The van der Waals surface area contributed by atoms with Crippen LogP contribution in [-0.2, 0) is 14.2 Å². The molecule has 0 radical (unpaired) electrons. The molecule has 3 aliphatic rings. The van der Waals surface area contributed by atoms with Crippen LogP contribution in [-0.4, -0.2) is 41.3 Å². The van der Waals surface area contributed by atoms with E-state index in [2.05, 4.69) is 13.0 Å². The lowest BCUT2D eigenvalue weighted by molar-refractivity contribution is -0.360. The van der Waals surface area contributed by atoms with Gasteiger partial charge in [-0.15, -0.1) is 0 Å². The third-order valence-electron chi connectivity index (χ3n) is 3.97. The van der Waals surface area contributed by atoms with Crippen LogP contribution in [0.2, 0.25) is 0 Å². The molecule has 1 aliphatic carbocycles. The minimum atomic E-state index is -0.450. The van der Waals surface area contributed by atoms with E-state index in [1.165, 1.54) is 0 Å². The molecule has 3 rings (SSSR count). The summed E-state index contributed by atoms with van der Waals surface area (Å²) in [5, 5.41) is 0. The molecule has 0 unspecified atom stereocenters. The Labute approximate surface area is 119 Å². The third-order valence-corrected chi connectivity index (χ3v) is 3.97. The predicted molar refractivity (Wildman–Crippen MR) is 72.9 cm³/mol. The van der Waals surface area contributed by atoms with Crippen LogP contribution in [0.1, 0.15) is 41.0 Å². The maximum absolute atomic E-state index is 12.2. The van der Waals surface area contributed by atoms with Crippen LogP contribution in [0.15, 0.2) is 11.6 Å². The summed E-state index contributed by atoms with van der Waals surface area (Å²) in [6.07, 6.45) is 2.48. The van der Waals surface area contributed by atoms with Gasteiger partial charge in [-0.25, -0.2) is 4.79 Å². The normalized spacial score (nSPS) is 39.5. The summed E-state index contributed by atoms with van der Waals surface area (Å²) < 4.78 is 16.5. The minimum absolute atomic E-state index is 0.116. The van der Waals surface area contributed by atoms with Gasteiger partial charge >= 0.3 is 6.09 Å². The molecule has 0 N–H and O–H groups in total. The summed E-state index contributed by atoms with van der Waals surface area (Å²) in [6, 6.07) is 0.415. The minimum Gasteiger partial charge on any atom is -0.444 e. The molecule has 5 nitrogen and oxygen atoms in total. The SMILES string of the molecule is CC1OC(C2=C[C@@H]3[C@H]([C@H](C)C2)N3C(=O)OC(C)(C)C)O1. The highest BCUT2D eigenvalue weighted by Crippen LogP contribution is 2.45. The number of nitrogens with zero attached hydrogens (tertiary/aromatic N) is 1. The summed E-state index contributed by atoms with van der Waals surface area (Å²) in [6.45, 7) is 9.72. The van der Waals surface area contributed by atoms with Crippen LogP contribution in [0, 0.1) is 5.92 Å². The van der Waals surface area contributed by atoms with Crippen molar-refractivity contribution >= 4 is 6.09 Å². The maximum atomic E-state index is 12.2. The second-order valence-corrected chi connectivity index (χ2v) is 6.96. The van der Waals surface area contributed by atoms with Gasteiger partial charge in [0.05, 0.1) is 12.1 Å². The zero-order valence-corrected chi connectivity index (χ0v) is 12.8. The van der Waals surface area contributed by atoms with Crippen molar-refractivity contribution in [2.24, 2.45) is 5.92 Å². The van der Waals surface area contributed by atoms with E-state index >= 15 is 0 Å². The number of ether oxygens (including phenoxy) is 3. The molecule has 112 valence electrons. The molecule has 0 aromatic carbocycles. The van der Waals surface area contributed by atoms with Crippen LogP contribution >= 0.6 is 0 Å². The van der Waals surface area contributed by atoms with E-state index in [0.29, 0.717) is 5.92 Å². The lowest BCUT2D eigenvalue weighted by atomic mass is 9.89. The fourth-order valence-corrected chi connectivity index (χ4v) is 3.10. The van der Waals surface area contributed by atoms with Crippen molar-refractivity contribution < 1.29 is 19.0 Å². The van der Waals surface area contributed by atoms with Gasteiger partial charge in [0.25, 0.3) is 0 Å². The molecule has 2 saturated heterocycles. The fourth-order valence-electron chi connectivity index (χ4n) is 3.10. The molecule has 2 heterocycles. The summed E-state index contributed by atoms with van der Waals surface area (Å²) in [5.74, 6) is 0.413. The first-order chi connectivity index (χ1) is 9.26. The second-order valence-electron chi connectivity index (χ2n) is 6.96. The van der Waals surface area contributed by atoms with Crippen molar-refractivity contribution in [3.05, 3.63) is 11.6 Å². The number of hydrogen-bond donors (Lipinski definition) is 0. The molecule has 0 saturated carbocycles. The molecule has 2 aliphatic heterocycles. The number of amides is 1. The first-order valence-corrected chi connectivity index (χ1v) is 7.29. The topological polar surface area (TPSA) is 47.8 Å². The third kappa shape index (κ3) is 2.44. The first-order valence-electron chi connectivity index (χ1n) is 7.29. The van der Waals surface area contributed by atoms with Gasteiger partial charge in [-0.2, -0.15) is 0 Å². The van der Waals surface area contributed by atoms with E-state index in [0.717, 1.165) is 12.0 Å². The van der Waals surface area contributed by atoms with Crippen molar-refractivity contribution in [3.63, 3.8) is 0 Å².